The van der Waals surface area contributed by atoms with Crippen LogP contribution < -0.4 is 0 Å². The quantitative estimate of drug-likeness (QED) is 0.198. The van der Waals surface area contributed by atoms with Crippen molar-refractivity contribution < 1.29 is 19.2 Å². The van der Waals surface area contributed by atoms with Gasteiger partial charge in [0.25, 0.3) is 0 Å². The first-order valence-electron chi connectivity index (χ1n) is 5.51. The molecule has 0 saturated carbocycles. The van der Waals surface area contributed by atoms with Crippen LogP contribution in [0.3, 0.4) is 0 Å². The Morgan fingerprint density at radius 2 is 1.87 bits per heavy atom. The van der Waals surface area contributed by atoms with Gasteiger partial charge in [0.2, 0.25) is 0 Å². The van der Waals surface area contributed by atoms with Crippen LogP contribution in [0, 0.1) is 0 Å². The molecule has 2 rings (SSSR count). The van der Waals surface area contributed by atoms with Crippen molar-refractivity contribution in [3.05, 3.63) is 0 Å². The molecule has 5 heteroatoms. The highest BCUT2D eigenvalue weighted by atomic mass is 31.1. The Bertz CT molecular complexity index is 182. The molecule has 15 heavy (non-hydrogen) atoms. The zero-order chi connectivity index (χ0) is 10.5. The molecule has 2 aliphatic heterocycles. The van der Waals surface area contributed by atoms with Crippen LogP contribution in [0.1, 0.15) is 6.42 Å². The molecule has 0 aromatic carbocycles. The van der Waals surface area contributed by atoms with E-state index < -0.39 is 0 Å². The first-order valence-corrected chi connectivity index (χ1v) is 7.66. The van der Waals surface area contributed by atoms with Gasteiger partial charge in [0.05, 0.1) is 25.9 Å². The van der Waals surface area contributed by atoms with E-state index in [9.17, 15) is 0 Å². The molecular formula is C10H19O4P. The third-order valence-electron chi connectivity index (χ3n) is 2.53. The largest absolute Gasteiger partial charge is 0.373 e. The van der Waals surface area contributed by atoms with Crippen molar-refractivity contribution in [1.82, 2.24) is 0 Å². The summed E-state index contributed by atoms with van der Waals surface area (Å²) in [4.78, 5) is 10.1. The minimum atomic E-state index is 0.0944. The third kappa shape index (κ3) is 5.79. The first kappa shape index (κ1) is 11.7. The van der Waals surface area contributed by atoms with E-state index in [1.807, 2.05) is 0 Å². The topological polar surface area (TPSA) is 43.5 Å². The predicted octanol–water partition coefficient (Wildman–Crippen LogP) is 1.23. The van der Waals surface area contributed by atoms with E-state index >= 15 is 0 Å². The molecule has 2 saturated heterocycles. The molecule has 4 nitrogen and oxygen atoms in total. The Morgan fingerprint density at radius 3 is 2.53 bits per heavy atom. The average Bonchev–Trinajstić information content (AvgIpc) is 3.08. The van der Waals surface area contributed by atoms with Gasteiger partial charge in [-0.3, -0.25) is 0 Å². The van der Waals surface area contributed by atoms with E-state index in [0.717, 1.165) is 19.4 Å². The first-order chi connectivity index (χ1) is 7.34. The van der Waals surface area contributed by atoms with Crippen molar-refractivity contribution in [2.24, 2.45) is 0 Å². The van der Waals surface area contributed by atoms with Crippen LogP contribution in [-0.4, -0.2) is 57.6 Å². The fraction of sp³-hybridized carbons (Fsp3) is 1.00. The van der Waals surface area contributed by atoms with Crippen molar-refractivity contribution in [3.63, 3.8) is 0 Å². The van der Waals surface area contributed by atoms with Gasteiger partial charge in [-0.25, -0.2) is 9.78 Å². The Balaban J connectivity index is 1.35. The van der Waals surface area contributed by atoms with E-state index in [2.05, 4.69) is 6.66 Å². The Labute approximate surface area is 91.9 Å². The van der Waals surface area contributed by atoms with Crippen LogP contribution in [0.15, 0.2) is 0 Å². The molecule has 0 aromatic heterocycles. The monoisotopic (exact) mass is 234 g/mol. The minimum absolute atomic E-state index is 0.0944. The van der Waals surface area contributed by atoms with E-state index in [1.54, 1.807) is 0 Å². The number of hydrogen-bond donors (Lipinski definition) is 0. The van der Waals surface area contributed by atoms with Gasteiger partial charge >= 0.3 is 0 Å². The molecule has 2 fully saturated rings. The molecule has 0 spiro atoms. The highest BCUT2D eigenvalue weighted by molar-refractivity contribution is 7.56. The molecule has 3 atom stereocenters. The summed E-state index contributed by atoms with van der Waals surface area (Å²) in [7, 11) is 0.0944. The van der Waals surface area contributed by atoms with E-state index in [4.69, 9.17) is 19.2 Å². The second-order valence-corrected chi connectivity index (χ2v) is 6.72. The summed E-state index contributed by atoms with van der Waals surface area (Å²) in [6.07, 6.45) is 4.49. The Kier molecular flexibility index (Phi) is 4.79. The smallest absolute Gasteiger partial charge is 0.111 e. The molecule has 2 aliphatic rings. The fourth-order valence-corrected chi connectivity index (χ4v) is 2.59. The highest BCUT2D eigenvalue weighted by Crippen LogP contribution is 2.33. The zero-order valence-corrected chi connectivity index (χ0v) is 10.1. The van der Waals surface area contributed by atoms with E-state index in [0.29, 0.717) is 25.4 Å². The third-order valence-corrected chi connectivity index (χ3v) is 4.50. The predicted molar refractivity (Wildman–Crippen MR) is 58.6 cm³/mol. The molecule has 0 amide bonds. The van der Waals surface area contributed by atoms with Crippen molar-refractivity contribution in [3.8, 4) is 0 Å². The summed E-state index contributed by atoms with van der Waals surface area (Å²) in [5, 5.41) is 0. The number of rotatable bonds is 9. The molecule has 0 N–H and O–H groups in total. The van der Waals surface area contributed by atoms with Gasteiger partial charge < -0.3 is 9.47 Å². The van der Waals surface area contributed by atoms with Crippen molar-refractivity contribution in [1.29, 1.82) is 0 Å². The molecule has 0 aromatic rings. The lowest BCUT2D eigenvalue weighted by molar-refractivity contribution is -0.292. The average molecular weight is 234 g/mol. The summed E-state index contributed by atoms with van der Waals surface area (Å²) in [6.45, 7) is 5.40. The molecule has 0 aliphatic carbocycles. The molecule has 2 heterocycles. The lowest BCUT2D eigenvalue weighted by Crippen LogP contribution is -2.06. The van der Waals surface area contributed by atoms with Crippen LogP contribution in [0.25, 0.3) is 0 Å². The van der Waals surface area contributed by atoms with Crippen LogP contribution in [-0.2, 0) is 19.2 Å². The van der Waals surface area contributed by atoms with Crippen molar-refractivity contribution >= 4 is 7.92 Å². The summed E-state index contributed by atoms with van der Waals surface area (Å²) >= 11 is 0. The molecule has 88 valence electrons. The van der Waals surface area contributed by atoms with Crippen LogP contribution in [0.2, 0.25) is 0 Å². The fourth-order valence-electron chi connectivity index (χ4n) is 1.25. The highest BCUT2D eigenvalue weighted by Gasteiger charge is 2.23. The summed E-state index contributed by atoms with van der Waals surface area (Å²) in [5.41, 5.74) is 0. The van der Waals surface area contributed by atoms with Gasteiger partial charge in [0.15, 0.2) is 0 Å². The van der Waals surface area contributed by atoms with Gasteiger partial charge in [-0.1, -0.05) is 0 Å². The Hall–Kier alpha value is 0.270. The van der Waals surface area contributed by atoms with Crippen molar-refractivity contribution in [2.45, 2.75) is 18.6 Å². The van der Waals surface area contributed by atoms with Gasteiger partial charge in [0, 0.05) is 0 Å². The van der Waals surface area contributed by atoms with E-state index in [-0.39, 0.29) is 7.92 Å². The van der Waals surface area contributed by atoms with Crippen LogP contribution in [0.4, 0.5) is 0 Å². The lowest BCUT2D eigenvalue weighted by atomic mass is 10.4. The maximum Gasteiger partial charge on any atom is 0.111 e. The molecule has 3 unspecified atom stereocenters. The van der Waals surface area contributed by atoms with Crippen molar-refractivity contribution in [2.75, 3.05) is 45.4 Å². The van der Waals surface area contributed by atoms with Crippen LogP contribution in [0.5, 0.6) is 0 Å². The standard InChI is InChI=1S/C10H19O4P/c1-15(4-2-9-6-11-9)5-3-13-14-8-10-7-12-10/h9-10H,2-8H2,1H3. The second-order valence-electron chi connectivity index (χ2n) is 4.11. The van der Waals surface area contributed by atoms with Gasteiger partial charge in [-0.05, 0) is 25.4 Å². The second kappa shape index (κ2) is 6.12. The van der Waals surface area contributed by atoms with E-state index in [1.165, 1.54) is 12.6 Å². The summed E-state index contributed by atoms with van der Waals surface area (Å²) in [5.74, 6) is 0. The molecular weight excluding hydrogens is 215 g/mol. The lowest BCUT2D eigenvalue weighted by Gasteiger charge is -2.10. The van der Waals surface area contributed by atoms with Crippen LogP contribution >= 0.6 is 7.92 Å². The maximum atomic E-state index is 5.18. The minimum Gasteiger partial charge on any atom is -0.373 e. The number of hydrogen-bond acceptors (Lipinski definition) is 4. The van der Waals surface area contributed by atoms with Gasteiger partial charge in [-0.2, -0.15) is 0 Å². The van der Waals surface area contributed by atoms with Gasteiger partial charge in [0.1, 0.15) is 12.7 Å². The molecule has 0 radical (unpaired) electrons. The maximum absolute atomic E-state index is 5.18. The number of ether oxygens (including phenoxy) is 2. The normalized spacial score (nSPS) is 30.2. The Morgan fingerprint density at radius 1 is 1.13 bits per heavy atom. The van der Waals surface area contributed by atoms with Gasteiger partial charge in [-0.15, -0.1) is 7.92 Å². The zero-order valence-electron chi connectivity index (χ0n) is 9.18. The molecule has 0 bridgehead atoms. The SMILES string of the molecule is CP(CCOOCC1CO1)CCC1CO1. The summed E-state index contributed by atoms with van der Waals surface area (Å²) < 4.78 is 10.2. The number of epoxide rings is 2. The summed E-state index contributed by atoms with van der Waals surface area (Å²) in [6, 6.07) is 0.